The molecule has 174 valence electrons. The number of nitrogens with one attached hydrogen (secondary N) is 1. The smallest absolute Gasteiger partial charge is 0.265 e. The third-order valence-corrected chi connectivity index (χ3v) is 6.17. The van der Waals surface area contributed by atoms with Crippen LogP contribution in [0.4, 0.5) is 11.4 Å². The average Bonchev–Trinajstić information content (AvgIpc) is 3.09. The quantitative estimate of drug-likeness (QED) is 0.770. The molecule has 8 nitrogen and oxygen atoms in total. The Labute approximate surface area is 193 Å². The molecule has 0 radical (unpaired) electrons. The normalized spacial score (nSPS) is 19.7. The SMILES string of the molecule is O=C(CN1C[C@H](C(=O)N2CCCCC2)Oc2ccccc21)Nc1ccc2c(c1)OCCCO2. The van der Waals surface area contributed by atoms with Gasteiger partial charge >= 0.3 is 0 Å². The lowest BCUT2D eigenvalue weighted by Gasteiger charge is -2.38. The van der Waals surface area contributed by atoms with Crippen LogP contribution >= 0.6 is 0 Å². The first kappa shape index (κ1) is 21.4. The maximum Gasteiger partial charge on any atom is 0.265 e. The second-order valence-electron chi connectivity index (χ2n) is 8.60. The van der Waals surface area contributed by atoms with E-state index in [1.807, 2.05) is 40.1 Å². The van der Waals surface area contributed by atoms with Gasteiger partial charge in [0.1, 0.15) is 5.75 Å². The number of piperidine rings is 1. The Hall–Kier alpha value is -3.42. The van der Waals surface area contributed by atoms with E-state index in [0.29, 0.717) is 42.7 Å². The van der Waals surface area contributed by atoms with E-state index in [0.717, 1.165) is 44.5 Å². The first-order valence-electron chi connectivity index (χ1n) is 11.7. The van der Waals surface area contributed by atoms with Crippen LogP contribution in [0.25, 0.3) is 0 Å². The number of carbonyl (C=O) groups excluding carboxylic acids is 2. The minimum atomic E-state index is -0.621. The van der Waals surface area contributed by atoms with Crippen molar-refractivity contribution < 1.29 is 23.8 Å². The maximum absolute atomic E-state index is 13.1. The number of amides is 2. The summed E-state index contributed by atoms with van der Waals surface area (Å²) in [6.45, 7) is 3.18. The molecule has 1 fully saturated rings. The molecule has 3 aliphatic rings. The molecule has 0 bridgehead atoms. The zero-order valence-corrected chi connectivity index (χ0v) is 18.6. The Morgan fingerprint density at radius 2 is 1.70 bits per heavy atom. The van der Waals surface area contributed by atoms with Crippen molar-refractivity contribution >= 4 is 23.2 Å². The van der Waals surface area contributed by atoms with Gasteiger partial charge in [0.05, 0.1) is 32.0 Å². The van der Waals surface area contributed by atoms with Crippen molar-refractivity contribution in [2.45, 2.75) is 31.8 Å². The molecule has 2 aromatic rings. The van der Waals surface area contributed by atoms with Crippen molar-refractivity contribution in [3.63, 3.8) is 0 Å². The molecule has 0 saturated carbocycles. The van der Waals surface area contributed by atoms with Gasteiger partial charge in [-0.2, -0.15) is 0 Å². The van der Waals surface area contributed by atoms with Gasteiger partial charge < -0.3 is 29.3 Å². The fraction of sp³-hybridized carbons (Fsp3) is 0.440. The Kier molecular flexibility index (Phi) is 6.24. The summed E-state index contributed by atoms with van der Waals surface area (Å²) in [6.07, 6.45) is 3.41. The third kappa shape index (κ3) is 4.84. The Bertz CT molecular complexity index is 1020. The largest absolute Gasteiger partial charge is 0.490 e. The van der Waals surface area contributed by atoms with Crippen LogP contribution < -0.4 is 24.4 Å². The zero-order chi connectivity index (χ0) is 22.6. The highest BCUT2D eigenvalue weighted by atomic mass is 16.5. The van der Waals surface area contributed by atoms with Crippen molar-refractivity contribution in [2.75, 3.05) is 49.6 Å². The topological polar surface area (TPSA) is 80.3 Å². The molecule has 1 atom stereocenters. The van der Waals surface area contributed by atoms with Crippen LogP contribution in [0.15, 0.2) is 42.5 Å². The van der Waals surface area contributed by atoms with Crippen molar-refractivity contribution in [3.05, 3.63) is 42.5 Å². The van der Waals surface area contributed by atoms with E-state index in [-0.39, 0.29) is 18.4 Å². The number of hydrogen-bond donors (Lipinski definition) is 1. The van der Waals surface area contributed by atoms with Crippen LogP contribution in [0.1, 0.15) is 25.7 Å². The number of nitrogens with zero attached hydrogens (tertiary/aromatic N) is 2. The lowest BCUT2D eigenvalue weighted by Crippen LogP contribution is -2.52. The summed E-state index contributed by atoms with van der Waals surface area (Å²) in [5.74, 6) is 1.77. The lowest BCUT2D eigenvalue weighted by molar-refractivity contribution is -0.139. The van der Waals surface area contributed by atoms with Crippen molar-refractivity contribution in [3.8, 4) is 17.2 Å². The van der Waals surface area contributed by atoms with E-state index in [1.54, 1.807) is 12.1 Å². The number of rotatable bonds is 4. The van der Waals surface area contributed by atoms with Gasteiger partial charge in [-0.25, -0.2) is 0 Å². The predicted molar refractivity (Wildman–Crippen MR) is 124 cm³/mol. The van der Waals surface area contributed by atoms with Crippen LogP contribution in [0.2, 0.25) is 0 Å². The number of likely N-dealkylation sites (tertiary alicyclic amines) is 1. The second kappa shape index (κ2) is 9.60. The molecule has 3 aliphatic heterocycles. The van der Waals surface area contributed by atoms with Gasteiger partial charge in [0, 0.05) is 31.3 Å². The van der Waals surface area contributed by atoms with Gasteiger partial charge in [-0.1, -0.05) is 12.1 Å². The number of ether oxygens (including phenoxy) is 3. The molecule has 33 heavy (non-hydrogen) atoms. The van der Waals surface area contributed by atoms with Gasteiger partial charge in [-0.3, -0.25) is 9.59 Å². The molecule has 0 aliphatic carbocycles. The molecule has 1 N–H and O–H groups in total. The second-order valence-corrected chi connectivity index (χ2v) is 8.60. The number of para-hydroxylation sites is 2. The highest BCUT2D eigenvalue weighted by Crippen LogP contribution is 2.34. The number of hydrogen-bond acceptors (Lipinski definition) is 6. The fourth-order valence-electron chi connectivity index (χ4n) is 4.52. The highest BCUT2D eigenvalue weighted by Gasteiger charge is 2.34. The third-order valence-electron chi connectivity index (χ3n) is 6.17. The molecule has 0 unspecified atom stereocenters. The summed E-state index contributed by atoms with van der Waals surface area (Å²) in [5.41, 5.74) is 1.46. The van der Waals surface area contributed by atoms with E-state index in [1.165, 1.54) is 0 Å². The van der Waals surface area contributed by atoms with Crippen LogP contribution in [0.5, 0.6) is 17.2 Å². The number of benzene rings is 2. The summed E-state index contributed by atoms with van der Waals surface area (Å²) in [4.78, 5) is 29.8. The highest BCUT2D eigenvalue weighted by molar-refractivity contribution is 5.95. The lowest BCUT2D eigenvalue weighted by atomic mass is 10.1. The molecule has 0 aromatic heterocycles. The van der Waals surface area contributed by atoms with Crippen LogP contribution in [-0.4, -0.2) is 62.2 Å². The van der Waals surface area contributed by atoms with E-state index >= 15 is 0 Å². The minimum Gasteiger partial charge on any atom is -0.490 e. The van der Waals surface area contributed by atoms with Crippen molar-refractivity contribution in [1.82, 2.24) is 4.90 Å². The van der Waals surface area contributed by atoms with E-state index in [2.05, 4.69) is 5.32 Å². The Morgan fingerprint density at radius 1 is 0.909 bits per heavy atom. The summed E-state index contributed by atoms with van der Waals surface area (Å²) in [7, 11) is 0. The number of fused-ring (bicyclic) bond motifs is 2. The molecule has 2 amide bonds. The molecular weight excluding hydrogens is 422 g/mol. The van der Waals surface area contributed by atoms with Crippen LogP contribution in [0, 0.1) is 0 Å². The van der Waals surface area contributed by atoms with E-state index < -0.39 is 6.10 Å². The number of carbonyl (C=O) groups is 2. The summed E-state index contributed by atoms with van der Waals surface area (Å²) >= 11 is 0. The summed E-state index contributed by atoms with van der Waals surface area (Å²) in [6, 6.07) is 13.0. The van der Waals surface area contributed by atoms with E-state index in [4.69, 9.17) is 14.2 Å². The average molecular weight is 452 g/mol. The maximum atomic E-state index is 13.1. The van der Waals surface area contributed by atoms with Gasteiger partial charge in [-0.05, 0) is 43.5 Å². The minimum absolute atomic E-state index is 0.00230. The van der Waals surface area contributed by atoms with Crippen molar-refractivity contribution in [2.24, 2.45) is 0 Å². The first-order chi connectivity index (χ1) is 16.2. The molecule has 0 spiro atoms. The van der Waals surface area contributed by atoms with Gasteiger partial charge in [0.15, 0.2) is 17.6 Å². The Morgan fingerprint density at radius 3 is 2.55 bits per heavy atom. The van der Waals surface area contributed by atoms with Gasteiger partial charge in [0.2, 0.25) is 5.91 Å². The van der Waals surface area contributed by atoms with Crippen LogP contribution in [-0.2, 0) is 9.59 Å². The molecule has 5 rings (SSSR count). The summed E-state index contributed by atoms with van der Waals surface area (Å²) < 4.78 is 17.4. The summed E-state index contributed by atoms with van der Waals surface area (Å²) in [5, 5.41) is 2.95. The predicted octanol–water partition coefficient (Wildman–Crippen LogP) is 3.07. The van der Waals surface area contributed by atoms with Crippen molar-refractivity contribution in [1.29, 1.82) is 0 Å². The molecule has 1 saturated heterocycles. The number of anilines is 2. The molecule has 3 heterocycles. The monoisotopic (exact) mass is 451 g/mol. The molecule has 2 aromatic carbocycles. The van der Waals surface area contributed by atoms with Crippen LogP contribution in [0.3, 0.4) is 0 Å². The molecular formula is C25H29N3O5. The molecule has 8 heteroatoms. The Balaban J connectivity index is 1.29. The van der Waals surface area contributed by atoms with Gasteiger partial charge in [-0.15, -0.1) is 0 Å². The van der Waals surface area contributed by atoms with Gasteiger partial charge in [0.25, 0.3) is 5.91 Å². The first-order valence-corrected chi connectivity index (χ1v) is 11.7. The standard InChI is InChI=1S/C25H29N3O5/c29-24(26-18-9-10-21-22(15-18)32-14-6-13-31-21)17-28-16-23(25(30)27-11-4-1-5-12-27)33-20-8-3-2-7-19(20)28/h2-3,7-10,15,23H,1,4-6,11-14,16-17H2,(H,26,29)/t23-/m1/s1. The van der Waals surface area contributed by atoms with E-state index in [9.17, 15) is 9.59 Å². The fourth-order valence-corrected chi connectivity index (χ4v) is 4.52. The zero-order valence-electron chi connectivity index (χ0n) is 18.6.